The van der Waals surface area contributed by atoms with Gasteiger partial charge in [0.25, 0.3) is 0 Å². The molecule has 1 heterocycles. The highest BCUT2D eigenvalue weighted by Gasteiger charge is 2.09. The van der Waals surface area contributed by atoms with Crippen LogP contribution in [0.2, 0.25) is 0 Å². The third-order valence-electron chi connectivity index (χ3n) is 2.28. The van der Waals surface area contributed by atoms with E-state index in [0.717, 1.165) is 18.4 Å². The fourth-order valence-electron chi connectivity index (χ4n) is 1.32. The topological polar surface area (TPSA) is 85.0 Å². The van der Waals surface area contributed by atoms with Crippen LogP contribution in [-0.2, 0) is 13.6 Å². The van der Waals surface area contributed by atoms with Crippen molar-refractivity contribution >= 4 is 11.8 Å². The van der Waals surface area contributed by atoms with E-state index in [2.05, 4.69) is 22.7 Å². The van der Waals surface area contributed by atoms with Crippen LogP contribution in [-0.4, -0.2) is 22.4 Å². The van der Waals surface area contributed by atoms with Crippen molar-refractivity contribution in [2.75, 3.05) is 11.9 Å². The zero-order chi connectivity index (χ0) is 12.0. The van der Waals surface area contributed by atoms with Crippen LogP contribution in [0, 0.1) is 0 Å². The summed E-state index contributed by atoms with van der Waals surface area (Å²) in [5.74, 6) is 0.650. The molecule has 1 rings (SSSR count). The van der Waals surface area contributed by atoms with Gasteiger partial charge in [-0.25, -0.2) is 4.79 Å². The maximum atomic E-state index is 11.5. The van der Waals surface area contributed by atoms with Crippen molar-refractivity contribution in [2.24, 2.45) is 12.8 Å². The maximum absolute atomic E-state index is 11.5. The summed E-state index contributed by atoms with van der Waals surface area (Å²) in [5, 5.41) is 9.54. The molecule has 2 amide bonds. The number of urea groups is 1. The van der Waals surface area contributed by atoms with Gasteiger partial charge in [-0.15, -0.1) is 0 Å². The molecule has 0 aliphatic carbocycles. The van der Waals surface area contributed by atoms with Gasteiger partial charge < -0.3 is 11.1 Å². The molecule has 0 aliphatic rings. The second kappa shape index (κ2) is 6.12. The fourth-order valence-corrected chi connectivity index (χ4v) is 1.32. The summed E-state index contributed by atoms with van der Waals surface area (Å²) in [6, 6.07) is -0.216. The van der Waals surface area contributed by atoms with Crippen LogP contribution in [0.4, 0.5) is 10.6 Å². The number of anilines is 1. The van der Waals surface area contributed by atoms with Gasteiger partial charge in [-0.1, -0.05) is 13.3 Å². The van der Waals surface area contributed by atoms with Crippen LogP contribution < -0.4 is 16.4 Å². The first-order chi connectivity index (χ1) is 7.69. The molecule has 1 aromatic rings. The quantitative estimate of drug-likeness (QED) is 0.648. The summed E-state index contributed by atoms with van der Waals surface area (Å²) >= 11 is 0. The van der Waals surface area contributed by atoms with Crippen LogP contribution in [0.15, 0.2) is 6.20 Å². The normalized spacial score (nSPS) is 10.2. The molecule has 1 aromatic heterocycles. The van der Waals surface area contributed by atoms with Crippen molar-refractivity contribution in [1.29, 1.82) is 0 Å². The van der Waals surface area contributed by atoms with Crippen LogP contribution in [0.5, 0.6) is 0 Å². The number of aryl methyl sites for hydroxylation is 1. The zero-order valence-electron chi connectivity index (χ0n) is 9.79. The molecule has 0 spiro atoms. The number of hydrogen-bond donors (Lipinski definition) is 3. The van der Waals surface area contributed by atoms with E-state index in [0.29, 0.717) is 18.9 Å². The van der Waals surface area contributed by atoms with Gasteiger partial charge in [-0.2, -0.15) is 5.10 Å². The van der Waals surface area contributed by atoms with Crippen molar-refractivity contribution in [3.63, 3.8) is 0 Å². The molecule has 0 radical (unpaired) electrons. The van der Waals surface area contributed by atoms with E-state index in [1.807, 2.05) is 0 Å². The summed E-state index contributed by atoms with van der Waals surface area (Å²) in [4.78, 5) is 11.5. The average molecular weight is 225 g/mol. The van der Waals surface area contributed by atoms with Crippen LogP contribution in [0.25, 0.3) is 0 Å². The Kier molecular flexibility index (Phi) is 4.78. The van der Waals surface area contributed by atoms with Crippen LogP contribution >= 0.6 is 0 Å². The number of hydrogen-bond acceptors (Lipinski definition) is 3. The molecule has 0 atom stereocenters. The molecule has 0 saturated carbocycles. The zero-order valence-corrected chi connectivity index (χ0v) is 9.79. The number of carbonyl (C=O) groups excluding carboxylic acids is 1. The van der Waals surface area contributed by atoms with Crippen molar-refractivity contribution in [3.05, 3.63) is 11.8 Å². The third kappa shape index (κ3) is 3.23. The van der Waals surface area contributed by atoms with Crippen molar-refractivity contribution in [2.45, 2.75) is 26.3 Å². The van der Waals surface area contributed by atoms with E-state index < -0.39 is 0 Å². The predicted molar refractivity (Wildman–Crippen MR) is 63.0 cm³/mol. The minimum Gasteiger partial charge on any atom is -0.338 e. The lowest BCUT2D eigenvalue weighted by atomic mass is 10.3. The molecule has 4 N–H and O–H groups in total. The summed E-state index contributed by atoms with van der Waals surface area (Å²) in [7, 11) is 1.76. The molecule has 0 unspecified atom stereocenters. The number of nitrogens with two attached hydrogens (primary N) is 1. The summed E-state index contributed by atoms with van der Waals surface area (Å²) in [6.07, 6.45) is 3.68. The molecule has 0 bridgehead atoms. The highest BCUT2D eigenvalue weighted by molar-refractivity contribution is 5.89. The lowest BCUT2D eigenvalue weighted by Gasteiger charge is -2.08. The van der Waals surface area contributed by atoms with E-state index in [1.54, 1.807) is 17.9 Å². The van der Waals surface area contributed by atoms with Crippen molar-refractivity contribution in [1.82, 2.24) is 15.1 Å². The number of aromatic nitrogens is 2. The molecule has 6 heteroatoms. The number of rotatable bonds is 5. The van der Waals surface area contributed by atoms with E-state index in [-0.39, 0.29) is 6.03 Å². The smallest absolute Gasteiger partial charge is 0.320 e. The first-order valence-corrected chi connectivity index (χ1v) is 5.44. The van der Waals surface area contributed by atoms with Crippen molar-refractivity contribution in [3.8, 4) is 0 Å². The van der Waals surface area contributed by atoms with E-state index in [9.17, 15) is 4.79 Å². The SMILES string of the molecule is CCCCNC(=O)Nc1c(CN)cnn1C. The summed E-state index contributed by atoms with van der Waals surface area (Å²) in [5.41, 5.74) is 6.36. The Balaban J connectivity index is 2.51. The Hall–Kier alpha value is -1.56. The minimum absolute atomic E-state index is 0.216. The Morgan fingerprint density at radius 3 is 3.00 bits per heavy atom. The molecular weight excluding hydrogens is 206 g/mol. The van der Waals surface area contributed by atoms with Gasteiger partial charge in [-0.3, -0.25) is 10.00 Å². The second-order valence-corrected chi connectivity index (χ2v) is 3.58. The van der Waals surface area contributed by atoms with E-state index in [4.69, 9.17) is 5.73 Å². The Morgan fingerprint density at radius 2 is 2.38 bits per heavy atom. The lowest BCUT2D eigenvalue weighted by Crippen LogP contribution is -2.30. The fraction of sp³-hybridized carbons (Fsp3) is 0.600. The summed E-state index contributed by atoms with van der Waals surface area (Å²) in [6.45, 7) is 3.11. The highest BCUT2D eigenvalue weighted by Crippen LogP contribution is 2.12. The highest BCUT2D eigenvalue weighted by atomic mass is 16.2. The molecule has 0 saturated heterocycles. The monoisotopic (exact) mass is 225 g/mol. The van der Waals surface area contributed by atoms with Crippen LogP contribution in [0.3, 0.4) is 0 Å². The van der Waals surface area contributed by atoms with Crippen molar-refractivity contribution < 1.29 is 4.79 Å². The molecular formula is C10H19N5O. The first-order valence-electron chi connectivity index (χ1n) is 5.44. The molecule has 0 aliphatic heterocycles. The minimum atomic E-state index is -0.216. The van der Waals surface area contributed by atoms with Gasteiger partial charge in [-0.05, 0) is 6.42 Å². The second-order valence-electron chi connectivity index (χ2n) is 3.58. The Bertz CT molecular complexity index is 347. The number of amides is 2. The number of unbranched alkanes of at least 4 members (excludes halogenated alkanes) is 1. The first kappa shape index (κ1) is 12.5. The standard InChI is InChI=1S/C10H19N5O/c1-3-4-5-12-10(16)14-9-8(6-11)7-13-15(9)2/h7H,3-6,11H2,1-2H3,(H2,12,14,16). The van der Waals surface area contributed by atoms with Gasteiger partial charge in [0.15, 0.2) is 0 Å². The predicted octanol–water partition coefficient (Wildman–Crippen LogP) is 0.800. The Labute approximate surface area is 95.2 Å². The largest absolute Gasteiger partial charge is 0.338 e. The van der Waals surface area contributed by atoms with E-state index >= 15 is 0 Å². The van der Waals surface area contributed by atoms with Gasteiger partial charge in [0.05, 0.1) is 6.20 Å². The third-order valence-corrected chi connectivity index (χ3v) is 2.28. The number of nitrogens with one attached hydrogen (secondary N) is 2. The molecule has 90 valence electrons. The molecule has 16 heavy (non-hydrogen) atoms. The van der Waals surface area contributed by atoms with Gasteiger partial charge in [0, 0.05) is 25.7 Å². The van der Waals surface area contributed by atoms with Crippen LogP contribution in [0.1, 0.15) is 25.3 Å². The van der Waals surface area contributed by atoms with Gasteiger partial charge >= 0.3 is 6.03 Å². The molecule has 0 aromatic carbocycles. The average Bonchev–Trinajstić information content (AvgIpc) is 2.61. The number of nitrogens with zero attached hydrogens (tertiary/aromatic N) is 2. The Morgan fingerprint density at radius 1 is 1.62 bits per heavy atom. The molecule has 6 nitrogen and oxygen atoms in total. The van der Waals surface area contributed by atoms with E-state index in [1.165, 1.54) is 0 Å². The molecule has 0 fully saturated rings. The number of carbonyl (C=O) groups is 1. The maximum Gasteiger partial charge on any atom is 0.320 e. The summed E-state index contributed by atoms with van der Waals surface area (Å²) < 4.78 is 1.60. The van der Waals surface area contributed by atoms with Gasteiger partial charge in [0.2, 0.25) is 0 Å². The lowest BCUT2D eigenvalue weighted by molar-refractivity contribution is 0.251. The van der Waals surface area contributed by atoms with Gasteiger partial charge in [0.1, 0.15) is 5.82 Å².